The highest BCUT2D eigenvalue weighted by atomic mass is 19.4. The maximum atomic E-state index is 12.6. The summed E-state index contributed by atoms with van der Waals surface area (Å²) in [6, 6.07) is 10.1. The van der Waals surface area contributed by atoms with Crippen LogP contribution in [-0.2, 0) is 17.6 Å². The number of halogens is 3. The van der Waals surface area contributed by atoms with Crippen molar-refractivity contribution in [1.82, 2.24) is 0 Å². The number of methoxy groups -OCH3 is 1. The predicted octanol–water partition coefficient (Wildman–Crippen LogP) is 9.13. The molecule has 1 amide bonds. The van der Waals surface area contributed by atoms with Crippen molar-refractivity contribution in [3.63, 3.8) is 0 Å². The lowest BCUT2D eigenvalue weighted by molar-refractivity contribution is -0.127. The van der Waals surface area contributed by atoms with Crippen LogP contribution in [0.2, 0.25) is 0 Å². The second kappa shape index (κ2) is 17.7. The molecule has 1 fully saturated rings. The predicted molar refractivity (Wildman–Crippen MR) is 154 cm³/mol. The highest BCUT2D eigenvalue weighted by Crippen LogP contribution is 2.34. The van der Waals surface area contributed by atoms with Gasteiger partial charge in [-0.3, -0.25) is 9.59 Å². The average Bonchev–Trinajstić information content (AvgIpc) is 2.93. The summed E-state index contributed by atoms with van der Waals surface area (Å²) < 4.78 is 42.8. The van der Waals surface area contributed by atoms with Crippen molar-refractivity contribution in [3.8, 4) is 5.75 Å². The number of rotatable bonds is 9. The molecule has 4 nitrogen and oxygen atoms in total. The van der Waals surface area contributed by atoms with Gasteiger partial charge in [0, 0.05) is 28.8 Å². The summed E-state index contributed by atoms with van der Waals surface area (Å²) >= 11 is 0. The molecule has 1 aliphatic carbocycles. The van der Waals surface area contributed by atoms with Gasteiger partial charge in [0.25, 0.3) is 0 Å². The molecule has 218 valence electrons. The largest absolute Gasteiger partial charge is 0.496 e. The number of aldehydes is 1. The molecule has 0 aromatic heterocycles. The van der Waals surface area contributed by atoms with Gasteiger partial charge in [-0.15, -0.1) is 0 Å². The molecule has 0 saturated heterocycles. The number of anilines is 1. The molecule has 0 bridgehead atoms. The van der Waals surface area contributed by atoms with Crippen LogP contribution in [0.5, 0.6) is 5.75 Å². The SMILES string of the molecule is CC.CCCCC1CCC(C(=O)Nc2ccc(CC(F)(F)F)c(OC)c2)CC1.CCc1c(C)cccc1C=O. The second-order valence-corrected chi connectivity index (χ2v) is 9.78. The zero-order valence-electron chi connectivity index (χ0n) is 24.4. The second-order valence-electron chi connectivity index (χ2n) is 9.78. The van der Waals surface area contributed by atoms with Gasteiger partial charge in [-0.05, 0) is 62.1 Å². The van der Waals surface area contributed by atoms with E-state index in [0.717, 1.165) is 49.9 Å². The monoisotopic (exact) mass is 549 g/mol. The Kier molecular flexibility index (Phi) is 15.5. The maximum Gasteiger partial charge on any atom is 0.393 e. The van der Waals surface area contributed by atoms with E-state index in [-0.39, 0.29) is 23.1 Å². The van der Waals surface area contributed by atoms with Gasteiger partial charge in [-0.1, -0.05) is 71.2 Å². The summed E-state index contributed by atoms with van der Waals surface area (Å²) in [5, 5.41) is 2.83. The van der Waals surface area contributed by atoms with Gasteiger partial charge < -0.3 is 10.1 Å². The van der Waals surface area contributed by atoms with Crippen molar-refractivity contribution in [1.29, 1.82) is 0 Å². The van der Waals surface area contributed by atoms with Crippen LogP contribution in [0.1, 0.15) is 99.7 Å². The van der Waals surface area contributed by atoms with Crippen LogP contribution in [0, 0.1) is 18.8 Å². The van der Waals surface area contributed by atoms with Crippen LogP contribution in [0.15, 0.2) is 36.4 Å². The summed E-state index contributed by atoms with van der Waals surface area (Å²) in [6.45, 7) is 10.3. The number of alkyl halides is 3. The lowest BCUT2D eigenvalue weighted by atomic mass is 9.79. The van der Waals surface area contributed by atoms with E-state index in [1.54, 1.807) is 0 Å². The van der Waals surface area contributed by atoms with E-state index >= 15 is 0 Å². The maximum absolute atomic E-state index is 12.6. The first-order valence-corrected chi connectivity index (χ1v) is 14.2. The van der Waals surface area contributed by atoms with Gasteiger partial charge in [-0.25, -0.2) is 0 Å². The quantitative estimate of drug-likeness (QED) is 0.317. The van der Waals surface area contributed by atoms with Crippen molar-refractivity contribution >= 4 is 17.9 Å². The lowest BCUT2D eigenvalue weighted by Gasteiger charge is -2.27. The molecule has 0 heterocycles. The molecule has 1 N–H and O–H groups in total. The van der Waals surface area contributed by atoms with Gasteiger partial charge in [0.15, 0.2) is 0 Å². The zero-order valence-corrected chi connectivity index (χ0v) is 24.4. The Morgan fingerprint density at radius 3 is 2.26 bits per heavy atom. The third-order valence-electron chi connectivity index (χ3n) is 7.06. The summed E-state index contributed by atoms with van der Waals surface area (Å²) in [6.07, 6.45) is 4.10. The third kappa shape index (κ3) is 11.8. The van der Waals surface area contributed by atoms with Crippen molar-refractivity contribution < 1.29 is 27.5 Å². The van der Waals surface area contributed by atoms with Crippen LogP contribution < -0.4 is 10.1 Å². The Bertz CT molecular complexity index is 1010. The molecule has 0 unspecified atom stereocenters. The number of carbonyl (C=O) groups is 2. The molecule has 0 radical (unpaired) electrons. The molecule has 7 heteroatoms. The van der Waals surface area contributed by atoms with E-state index in [1.165, 1.54) is 55.7 Å². The first-order chi connectivity index (χ1) is 18.6. The van der Waals surface area contributed by atoms with Gasteiger partial charge in [0.1, 0.15) is 12.0 Å². The Morgan fingerprint density at radius 2 is 1.74 bits per heavy atom. The molecule has 0 aliphatic heterocycles. The first-order valence-electron chi connectivity index (χ1n) is 14.2. The van der Waals surface area contributed by atoms with E-state index in [9.17, 15) is 22.8 Å². The van der Waals surface area contributed by atoms with Gasteiger partial charge in [0.05, 0.1) is 13.5 Å². The normalized spacial score (nSPS) is 16.6. The minimum atomic E-state index is -4.30. The zero-order chi connectivity index (χ0) is 29.4. The Hall–Kier alpha value is -2.83. The summed E-state index contributed by atoms with van der Waals surface area (Å²) in [5.41, 5.74) is 3.74. The van der Waals surface area contributed by atoms with Gasteiger partial charge in [0.2, 0.25) is 5.91 Å². The van der Waals surface area contributed by atoms with Crippen molar-refractivity contribution in [2.45, 2.75) is 98.6 Å². The standard InChI is InChI=1S/C20H28F3NO2.C10H12O.C2H6/c1-3-4-5-14-6-8-15(9-7-14)19(25)24-17-11-10-16(13-20(21,22)23)18(12-17)26-2;1-3-10-8(2)5-4-6-9(10)7-11;1-2/h10-12,14-15H,3-9,13H2,1-2H3,(H,24,25);4-7H,3H2,1-2H3;1-2H3. The third-order valence-corrected chi connectivity index (χ3v) is 7.06. The fourth-order valence-corrected chi connectivity index (χ4v) is 4.95. The van der Waals surface area contributed by atoms with Crippen LogP contribution in [0.3, 0.4) is 0 Å². The topological polar surface area (TPSA) is 55.4 Å². The minimum absolute atomic E-state index is 0.0197. The highest BCUT2D eigenvalue weighted by Gasteiger charge is 2.30. The van der Waals surface area contributed by atoms with E-state index in [4.69, 9.17) is 4.74 Å². The Balaban J connectivity index is 0.000000487. The number of benzene rings is 2. The fourth-order valence-electron chi connectivity index (χ4n) is 4.95. The van der Waals surface area contributed by atoms with E-state index in [1.807, 2.05) is 39.0 Å². The average molecular weight is 550 g/mol. The molecule has 3 rings (SSSR count). The fraction of sp³-hybridized carbons (Fsp3) is 0.562. The highest BCUT2D eigenvalue weighted by molar-refractivity contribution is 5.92. The molecule has 0 spiro atoms. The summed E-state index contributed by atoms with van der Waals surface area (Å²) in [4.78, 5) is 23.0. The molecule has 2 aromatic carbocycles. The van der Waals surface area contributed by atoms with Crippen LogP contribution >= 0.6 is 0 Å². The molecular formula is C32H46F3NO3. The molecule has 2 aromatic rings. The van der Waals surface area contributed by atoms with Crippen molar-refractivity contribution in [3.05, 3.63) is 58.7 Å². The minimum Gasteiger partial charge on any atom is -0.496 e. The molecule has 39 heavy (non-hydrogen) atoms. The number of carbonyl (C=O) groups excluding carboxylic acids is 2. The Morgan fingerprint density at radius 1 is 1.08 bits per heavy atom. The van der Waals surface area contributed by atoms with E-state index in [0.29, 0.717) is 5.69 Å². The summed E-state index contributed by atoms with van der Waals surface area (Å²) in [5.74, 6) is 0.794. The number of nitrogens with one attached hydrogen (secondary N) is 1. The number of hydrogen-bond acceptors (Lipinski definition) is 3. The van der Waals surface area contributed by atoms with Gasteiger partial charge >= 0.3 is 6.18 Å². The Labute approximate surface area is 232 Å². The molecule has 1 aliphatic rings. The number of unbranched alkanes of at least 4 members (excludes halogenated alkanes) is 1. The van der Waals surface area contributed by atoms with Crippen molar-refractivity contribution in [2.24, 2.45) is 11.8 Å². The molecular weight excluding hydrogens is 503 g/mol. The first kappa shape index (κ1) is 34.2. The molecule has 0 atom stereocenters. The van der Waals surface area contributed by atoms with Crippen molar-refractivity contribution in [2.75, 3.05) is 12.4 Å². The van der Waals surface area contributed by atoms with Crippen LogP contribution in [0.25, 0.3) is 0 Å². The summed E-state index contributed by atoms with van der Waals surface area (Å²) in [7, 11) is 1.33. The number of ether oxygens (including phenoxy) is 1. The van der Waals surface area contributed by atoms with Crippen LogP contribution in [-0.4, -0.2) is 25.5 Å². The number of hydrogen-bond donors (Lipinski definition) is 1. The van der Waals surface area contributed by atoms with Crippen LogP contribution in [0.4, 0.5) is 18.9 Å². The van der Waals surface area contributed by atoms with E-state index in [2.05, 4.69) is 19.2 Å². The smallest absolute Gasteiger partial charge is 0.393 e. The van der Waals surface area contributed by atoms with E-state index < -0.39 is 12.6 Å². The van der Waals surface area contributed by atoms with Gasteiger partial charge in [-0.2, -0.15) is 13.2 Å². The lowest BCUT2D eigenvalue weighted by Crippen LogP contribution is -2.27. The number of aryl methyl sites for hydroxylation is 1. The molecule has 1 saturated carbocycles. The number of amides is 1.